The van der Waals surface area contributed by atoms with Gasteiger partial charge in [0.05, 0.1) is 0 Å². The molecule has 0 unspecified atom stereocenters. The van der Waals surface area contributed by atoms with E-state index in [0.717, 1.165) is 45.8 Å². The molecule has 1 aromatic rings. The molecular weight excluding hydrogens is 228 g/mol. The SMILES string of the molecule is CCN(CC)CCNCCn1ccn(CC)c1=O. The van der Waals surface area contributed by atoms with Crippen LogP contribution in [0.25, 0.3) is 0 Å². The van der Waals surface area contributed by atoms with Crippen LogP contribution in [0.15, 0.2) is 17.2 Å². The van der Waals surface area contributed by atoms with Gasteiger partial charge in [0, 0.05) is 45.1 Å². The quantitative estimate of drug-likeness (QED) is 0.656. The molecule has 0 aromatic carbocycles. The first-order valence-electron chi connectivity index (χ1n) is 6.91. The second kappa shape index (κ2) is 8.11. The van der Waals surface area contributed by atoms with Gasteiger partial charge in [-0.05, 0) is 20.0 Å². The number of nitrogens with zero attached hydrogens (tertiary/aromatic N) is 3. The average Bonchev–Trinajstić information content (AvgIpc) is 2.75. The highest BCUT2D eigenvalue weighted by Gasteiger charge is 2.01. The van der Waals surface area contributed by atoms with Gasteiger partial charge in [0.1, 0.15) is 0 Å². The van der Waals surface area contributed by atoms with Gasteiger partial charge in [0.15, 0.2) is 0 Å². The summed E-state index contributed by atoms with van der Waals surface area (Å²) in [5.74, 6) is 0. The average molecular weight is 254 g/mol. The third kappa shape index (κ3) is 4.31. The van der Waals surface area contributed by atoms with Crippen molar-refractivity contribution in [1.82, 2.24) is 19.4 Å². The molecule has 0 saturated carbocycles. The molecule has 0 aliphatic rings. The largest absolute Gasteiger partial charge is 0.328 e. The first-order valence-corrected chi connectivity index (χ1v) is 6.91. The molecule has 1 aromatic heterocycles. The molecule has 0 saturated heterocycles. The fourth-order valence-corrected chi connectivity index (χ4v) is 1.97. The Morgan fingerprint density at radius 3 is 2.33 bits per heavy atom. The van der Waals surface area contributed by atoms with Crippen LogP contribution in [0.5, 0.6) is 0 Å². The summed E-state index contributed by atoms with van der Waals surface area (Å²) in [6, 6.07) is 0. The Balaban J connectivity index is 2.21. The maximum Gasteiger partial charge on any atom is 0.328 e. The molecule has 1 N–H and O–H groups in total. The van der Waals surface area contributed by atoms with Gasteiger partial charge >= 0.3 is 5.69 Å². The maximum absolute atomic E-state index is 11.8. The van der Waals surface area contributed by atoms with Crippen LogP contribution in [0.3, 0.4) is 0 Å². The third-order valence-electron chi connectivity index (χ3n) is 3.29. The van der Waals surface area contributed by atoms with Crippen LogP contribution in [-0.2, 0) is 13.1 Å². The summed E-state index contributed by atoms with van der Waals surface area (Å²) >= 11 is 0. The van der Waals surface area contributed by atoms with Crippen molar-refractivity contribution in [3.63, 3.8) is 0 Å². The van der Waals surface area contributed by atoms with Gasteiger partial charge < -0.3 is 10.2 Å². The summed E-state index contributed by atoms with van der Waals surface area (Å²) in [5.41, 5.74) is 0.0862. The second-order valence-corrected chi connectivity index (χ2v) is 4.34. The van der Waals surface area contributed by atoms with E-state index >= 15 is 0 Å². The molecule has 0 aliphatic heterocycles. The fraction of sp³-hybridized carbons (Fsp3) is 0.769. The van der Waals surface area contributed by atoms with Crippen molar-refractivity contribution >= 4 is 0 Å². The summed E-state index contributed by atoms with van der Waals surface area (Å²) in [6.07, 6.45) is 3.70. The van der Waals surface area contributed by atoms with E-state index in [9.17, 15) is 4.79 Å². The van der Waals surface area contributed by atoms with Crippen LogP contribution in [0, 0.1) is 0 Å². The first-order chi connectivity index (χ1) is 8.72. The van der Waals surface area contributed by atoms with Crippen LogP contribution in [0.2, 0.25) is 0 Å². The van der Waals surface area contributed by atoms with Crippen molar-refractivity contribution in [1.29, 1.82) is 0 Å². The van der Waals surface area contributed by atoms with Gasteiger partial charge in [0.25, 0.3) is 0 Å². The van der Waals surface area contributed by atoms with Crippen molar-refractivity contribution in [2.45, 2.75) is 33.9 Å². The molecule has 0 spiro atoms. The Labute approximate surface area is 109 Å². The Hall–Kier alpha value is -1.07. The zero-order chi connectivity index (χ0) is 13.4. The van der Waals surface area contributed by atoms with Crippen molar-refractivity contribution in [2.24, 2.45) is 0 Å². The van der Waals surface area contributed by atoms with Crippen LogP contribution in [-0.4, -0.2) is 46.8 Å². The molecule has 1 heterocycles. The number of rotatable bonds is 9. The van der Waals surface area contributed by atoms with Gasteiger partial charge in [-0.1, -0.05) is 13.8 Å². The molecule has 0 bridgehead atoms. The summed E-state index contributed by atoms with van der Waals surface area (Å²) in [7, 11) is 0. The highest BCUT2D eigenvalue weighted by atomic mass is 16.1. The predicted octanol–water partition coefficient (Wildman–Crippen LogP) is 0.601. The van der Waals surface area contributed by atoms with Crippen molar-refractivity contribution in [3.05, 3.63) is 22.9 Å². The van der Waals surface area contributed by atoms with E-state index in [1.165, 1.54) is 0 Å². The van der Waals surface area contributed by atoms with Gasteiger partial charge in [0.2, 0.25) is 0 Å². The molecule has 0 amide bonds. The zero-order valence-electron chi connectivity index (χ0n) is 11.9. The Kier molecular flexibility index (Phi) is 6.75. The van der Waals surface area contributed by atoms with Crippen molar-refractivity contribution in [2.75, 3.05) is 32.7 Å². The maximum atomic E-state index is 11.8. The summed E-state index contributed by atoms with van der Waals surface area (Å²) in [4.78, 5) is 14.1. The lowest BCUT2D eigenvalue weighted by molar-refractivity contribution is 0.302. The lowest BCUT2D eigenvalue weighted by atomic mass is 10.4. The number of hydrogen-bond donors (Lipinski definition) is 1. The van der Waals surface area contributed by atoms with E-state index < -0.39 is 0 Å². The lowest BCUT2D eigenvalue weighted by Gasteiger charge is -2.17. The number of hydrogen-bond acceptors (Lipinski definition) is 3. The number of aryl methyl sites for hydroxylation is 1. The van der Waals surface area contributed by atoms with E-state index in [2.05, 4.69) is 24.1 Å². The zero-order valence-corrected chi connectivity index (χ0v) is 11.9. The molecular formula is C13H26N4O. The molecule has 1 rings (SSSR count). The molecule has 104 valence electrons. The number of nitrogens with one attached hydrogen (secondary N) is 1. The molecule has 0 atom stereocenters. The van der Waals surface area contributed by atoms with E-state index in [0.29, 0.717) is 0 Å². The van der Waals surface area contributed by atoms with Gasteiger partial charge in [-0.15, -0.1) is 0 Å². The highest BCUT2D eigenvalue weighted by Crippen LogP contribution is 1.86. The fourth-order valence-electron chi connectivity index (χ4n) is 1.97. The molecule has 18 heavy (non-hydrogen) atoms. The molecule has 0 fully saturated rings. The van der Waals surface area contributed by atoms with Crippen LogP contribution >= 0.6 is 0 Å². The summed E-state index contributed by atoms with van der Waals surface area (Å²) in [6.45, 7) is 12.9. The minimum Gasteiger partial charge on any atom is -0.314 e. The Morgan fingerprint density at radius 2 is 1.78 bits per heavy atom. The molecule has 0 aliphatic carbocycles. The normalized spacial score (nSPS) is 11.3. The van der Waals surface area contributed by atoms with Crippen LogP contribution in [0.1, 0.15) is 20.8 Å². The Morgan fingerprint density at radius 1 is 1.11 bits per heavy atom. The van der Waals surface area contributed by atoms with E-state index in [-0.39, 0.29) is 5.69 Å². The van der Waals surface area contributed by atoms with Crippen molar-refractivity contribution < 1.29 is 0 Å². The smallest absolute Gasteiger partial charge is 0.314 e. The van der Waals surface area contributed by atoms with Crippen LogP contribution < -0.4 is 11.0 Å². The van der Waals surface area contributed by atoms with Crippen molar-refractivity contribution in [3.8, 4) is 0 Å². The third-order valence-corrected chi connectivity index (χ3v) is 3.29. The minimum atomic E-state index is 0.0862. The standard InChI is InChI=1S/C13H26N4O/c1-4-15(5-2)9-7-14-8-10-17-12-11-16(6-3)13(17)18/h11-12,14H,4-10H2,1-3H3. The topological polar surface area (TPSA) is 42.2 Å². The molecule has 5 heteroatoms. The highest BCUT2D eigenvalue weighted by molar-refractivity contribution is 4.81. The van der Waals surface area contributed by atoms with Gasteiger partial charge in [-0.25, -0.2) is 4.79 Å². The van der Waals surface area contributed by atoms with E-state index in [4.69, 9.17) is 0 Å². The lowest BCUT2D eigenvalue weighted by Crippen LogP contribution is -2.34. The number of aromatic nitrogens is 2. The van der Waals surface area contributed by atoms with Gasteiger partial charge in [-0.2, -0.15) is 0 Å². The summed E-state index contributed by atoms with van der Waals surface area (Å²) in [5, 5.41) is 3.38. The van der Waals surface area contributed by atoms with Crippen LogP contribution in [0.4, 0.5) is 0 Å². The Bertz CT molecular complexity index is 379. The summed E-state index contributed by atoms with van der Waals surface area (Å²) < 4.78 is 3.48. The number of likely N-dealkylation sites (N-methyl/N-ethyl adjacent to an activating group) is 1. The first kappa shape index (κ1) is 15.0. The number of imidazole rings is 1. The van der Waals surface area contributed by atoms with E-state index in [1.54, 1.807) is 9.13 Å². The molecule has 0 radical (unpaired) electrons. The van der Waals surface area contributed by atoms with Gasteiger partial charge in [-0.3, -0.25) is 9.13 Å². The molecule has 5 nitrogen and oxygen atoms in total. The predicted molar refractivity (Wildman–Crippen MR) is 75.0 cm³/mol. The van der Waals surface area contributed by atoms with E-state index in [1.807, 2.05) is 19.3 Å². The second-order valence-electron chi connectivity index (χ2n) is 4.34. The minimum absolute atomic E-state index is 0.0862. The monoisotopic (exact) mass is 254 g/mol.